The zero-order chi connectivity index (χ0) is 19.2. The Morgan fingerprint density at radius 3 is 2.63 bits per heavy atom. The number of aromatic nitrogens is 1. The summed E-state index contributed by atoms with van der Waals surface area (Å²) in [6.07, 6.45) is 5.66. The first-order chi connectivity index (χ1) is 13.0. The zero-order valence-corrected chi connectivity index (χ0v) is 15.7. The molecule has 142 valence electrons. The Balaban J connectivity index is 1.69. The van der Waals surface area contributed by atoms with E-state index in [0.29, 0.717) is 23.7 Å². The maximum atomic E-state index is 13.0. The topological polar surface area (TPSA) is 88.3 Å². The van der Waals surface area contributed by atoms with E-state index < -0.39 is 0 Å². The van der Waals surface area contributed by atoms with Gasteiger partial charge in [0.25, 0.3) is 0 Å². The molecule has 0 saturated heterocycles. The van der Waals surface area contributed by atoms with Crippen molar-refractivity contribution in [1.29, 1.82) is 0 Å². The summed E-state index contributed by atoms with van der Waals surface area (Å²) in [6, 6.07) is 10.6. The Morgan fingerprint density at radius 2 is 2.00 bits per heavy atom. The van der Waals surface area contributed by atoms with Gasteiger partial charge in [0.15, 0.2) is 0 Å². The molecule has 3 rings (SSSR count). The Hall–Kier alpha value is -2.44. The molecule has 1 aromatic heterocycles. The average molecular weight is 387 g/mol. The number of nitrogens with zero attached hydrogens (tertiary/aromatic N) is 2. The molecule has 2 atom stereocenters. The number of nitrogens with two attached hydrogens (primary N) is 1. The van der Waals surface area contributed by atoms with Crippen molar-refractivity contribution in [3.8, 4) is 0 Å². The van der Waals surface area contributed by atoms with E-state index in [0.717, 1.165) is 18.4 Å². The van der Waals surface area contributed by atoms with Crippen molar-refractivity contribution in [2.24, 2.45) is 11.7 Å². The van der Waals surface area contributed by atoms with E-state index in [-0.39, 0.29) is 30.3 Å². The molecule has 1 heterocycles. The minimum atomic E-state index is -0.253. The molecular formula is C20H23ClN4O2. The van der Waals surface area contributed by atoms with Crippen LogP contribution in [-0.4, -0.2) is 34.3 Å². The summed E-state index contributed by atoms with van der Waals surface area (Å²) in [6.45, 7) is 0.314. The summed E-state index contributed by atoms with van der Waals surface area (Å²) >= 11 is 5.87. The monoisotopic (exact) mass is 386 g/mol. The lowest BCUT2D eigenvalue weighted by Crippen LogP contribution is -2.40. The highest BCUT2D eigenvalue weighted by molar-refractivity contribution is 6.30. The van der Waals surface area contributed by atoms with Crippen molar-refractivity contribution in [2.45, 2.75) is 31.8 Å². The lowest BCUT2D eigenvalue weighted by atomic mass is 10.1. The summed E-state index contributed by atoms with van der Waals surface area (Å²) in [5.74, 6) is -0.407. The van der Waals surface area contributed by atoms with Crippen LogP contribution in [0.3, 0.4) is 0 Å². The van der Waals surface area contributed by atoms with Crippen LogP contribution in [-0.2, 0) is 16.1 Å². The normalized spacial score (nSPS) is 18.9. The van der Waals surface area contributed by atoms with Gasteiger partial charge in [0.05, 0.1) is 0 Å². The zero-order valence-electron chi connectivity index (χ0n) is 15.0. The van der Waals surface area contributed by atoms with Crippen LogP contribution in [0.25, 0.3) is 0 Å². The van der Waals surface area contributed by atoms with E-state index in [1.807, 2.05) is 12.1 Å². The minimum absolute atomic E-state index is 0.0257. The third-order valence-electron chi connectivity index (χ3n) is 4.69. The largest absolute Gasteiger partial charge is 0.329 e. The van der Waals surface area contributed by atoms with Gasteiger partial charge in [-0.2, -0.15) is 0 Å². The third kappa shape index (κ3) is 5.52. The van der Waals surface area contributed by atoms with Crippen molar-refractivity contribution in [3.63, 3.8) is 0 Å². The fourth-order valence-electron chi connectivity index (χ4n) is 3.33. The third-order valence-corrected chi connectivity index (χ3v) is 4.94. The second kappa shape index (κ2) is 8.97. The van der Waals surface area contributed by atoms with E-state index in [4.69, 9.17) is 17.3 Å². The molecule has 2 aromatic rings. The molecule has 7 heteroatoms. The number of rotatable bonds is 6. The lowest BCUT2D eigenvalue weighted by molar-refractivity contribution is -0.138. The molecular weight excluding hydrogens is 364 g/mol. The van der Waals surface area contributed by atoms with Gasteiger partial charge in [-0.05, 0) is 55.2 Å². The standard InChI is InChI=1S/C20H23ClN4O2/c21-16-4-7-18(8-5-16)24-19(26)13-25(12-14-2-1-9-23-11-14)20(27)15-3-6-17(22)10-15/h1-2,4-5,7-9,11,15,17H,3,6,10,12-13,22H2,(H,24,26). The molecule has 1 aliphatic carbocycles. The first-order valence-electron chi connectivity index (χ1n) is 9.00. The quantitative estimate of drug-likeness (QED) is 0.799. The van der Waals surface area contributed by atoms with Crippen LogP contribution in [0.2, 0.25) is 5.02 Å². The second-order valence-electron chi connectivity index (χ2n) is 6.88. The van der Waals surface area contributed by atoms with Crippen LogP contribution in [0, 0.1) is 5.92 Å². The summed E-state index contributed by atoms with van der Waals surface area (Å²) in [5, 5.41) is 3.40. The van der Waals surface area contributed by atoms with Crippen molar-refractivity contribution in [2.75, 3.05) is 11.9 Å². The van der Waals surface area contributed by atoms with Gasteiger partial charge in [-0.3, -0.25) is 14.6 Å². The van der Waals surface area contributed by atoms with Crippen LogP contribution in [0.1, 0.15) is 24.8 Å². The van der Waals surface area contributed by atoms with Gasteiger partial charge in [0.1, 0.15) is 6.54 Å². The Bertz CT molecular complexity index is 782. The number of carbonyl (C=O) groups excluding carboxylic acids is 2. The number of amides is 2. The smallest absolute Gasteiger partial charge is 0.244 e. The number of hydrogen-bond donors (Lipinski definition) is 2. The summed E-state index contributed by atoms with van der Waals surface area (Å²) in [5.41, 5.74) is 7.48. The molecule has 1 fully saturated rings. The fourth-order valence-corrected chi connectivity index (χ4v) is 3.46. The van der Waals surface area contributed by atoms with Crippen molar-refractivity contribution < 1.29 is 9.59 Å². The van der Waals surface area contributed by atoms with Crippen LogP contribution in [0.5, 0.6) is 0 Å². The fraction of sp³-hybridized carbons (Fsp3) is 0.350. The molecule has 0 aliphatic heterocycles. The molecule has 0 radical (unpaired) electrons. The maximum Gasteiger partial charge on any atom is 0.244 e. The van der Waals surface area contributed by atoms with Gasteiger partial charge < -0.3 is 16.0 Å². The number of pyridine rings is 1. The molecule has 3 N–H and O–H groups in total. The van der Waals surface area contributed by atoms with Crippen molar-refractivity contribution >= 4 is 29.1 Å². The molecule has 1 saturated carbocycles. The SMILES string of the molecule is NC1CCC(C(=O)N(CC(=O)Nc2ccc(Cl)cc2)Cc2cccnc2)C1. The van der Waals surface area contributed by atoms with E-state index in [1.54, 1.807) is 41.6 Å². The first-order valence-corrected chi connectivity index (χ1v) is 9.38. The highest BCUT2D eigenvalue weighted by atomic mass is 35.5. The van der Waals surface area contributed by atoms with Gasteiger partial charge in [0.2, 0.25) is 11.8 Å². The number of hydrogen-bond acceptors (Lipinski definition) is 4. The summed E-state index contributed by atoms with van der Waals surface area (Å²) < 4.78 is 0. The van der Waals surface area contributed by atoms with E-state index in [9.17, 15) is 9.59 Å². The van der Waals surface area contributed by atoms with E-state index in [1.165, 1.54) is 0 Å². The van der Waals surface area contributed by atoms with Gasteiger partial charge in [-0.1, -0.05) is 17.7 Å². The molecule has 2 unspecified atom stereocenters. The molecule has 0 spiro atoms. The molecule has 2 amide bonds. The van der Waals surface area contributed by atoms with Crippen molar-refractivity contribution in [1.82, 2.24) is 9.88 Å². The van der Waals surface area contributed by atoms with E-state index >= 15 is 0 Å². The van der Waals surface area contributed by atoms with Gasteiger partial charge >= 0.3 is 0 Å². The van der Waals surface area contributed by atoms with Crippen LogP contribution in [0.4, 0.5) is 5.69 Å². The number of anilines is 1. The van der Waals surface area contributed by atoms with Gasteiger partial charge in [0, 0.05) is 41.6 Å². The number of benzene rings is 1. The molecule has 27 heavy (non-hydrogen) atoms. The number of nitrogens with one attached hydrogen (secondary N) is 1. The highest BCUT2D eigenvalue weighted by Crippen LogP contribution is 2.26. The van der Waals surface area contributed by atoms with Gasteiger partial charge in [-0.25, -0.2) is 0 Å². The molecule has 6 nitrogen and oxygen atoms in total. The Labute approximate surface area is 163 Å². The molecule has 1 aromatic carbocycles. The predicted molar refractivity (Wildman–Crippen MR) is 105 cm³/mol. The molecule has 0 bridgehead atoms. The number of carbonyl (C=O) groups is 2. The Morgan fingerprint density at radius 1 is 1.22 bits per heavy atom. The minimum Gasteiger partial charge on any atom is -0.329 e. The maximum absolute atomic E-state index is 13.0. The molecule has 1 aliphatic rings. The van der Waals surface area contributed by atoms with Gasteiger partial charge in [-0.15, -0.1) is 0 Å². The van der Waals surface area contributed by atoms with Crippen molar-refractivity contribution in [3.05, 3.63) is 59.4 Å². The first kappa shape index (κ1) is 19.3. The number of halogens is 1. The lowest BCUT2D eigenvalue weighted by Gasteiger charge is -2.25. The van der Waals surface area contributed by atoms with Crippen LogP contribution in [0.15, 0.2) is 48.8 Å². The summed E-state index contributed by atoms with van der Waals surface area (Å²) in [7, 11) is 0. The Kier molecular flexibility index (Phi) is 6.42. The van der Waals surface area contributed by atoms with E-state index in [2.05, 4.69) is 10.3 Å². The predicted octanol–water partition coefficient (Wildman–Crippen LogP) is 2.83. The van der Waals surface area contributed by atoms with Crippen LogP contribution < -0.4 is 11.1 Å². The average Bonchev–Trinajstić information content (AvgIpc) is 3.10. The summed E-state index contributed by atoms with van der Waals surface area (Å²) in [4.78, 5) is 31.2. The highest BCUT2D eigenvalue weighted by Gasteiger charge is 2.31. The second-order valence-corrected chi connectivity index (χ2v) is 7.32. The van der Waals surface area contributed by atoms with Crippen LogP contribution >= 0.6 is 11.6 Å².